The molecule has 162 valence electrons. The summed E-state index contributed by atoms with van der Waals surface area (Å²) in [7, 11) is 0. The zero-order chi connectivity index (χ0) is 22.0. The van der Waals surface area contributed by atoms with Crippen molar-refractivity contribution in [3.05, 3.63) is 60.2 Å². The van der Waals surface area contributed by atoms with Crippen molar-refractivity contribution in [3.8, 4) is 5.69 Å². The molecule has 1 saturated heterocycles. The molecule has 3 heterocycles. The Morgan fingerprint density at radius 3 is 2.48 bits per heavy atom. The smallest absolute Gasteiger partial charge is 0.349 e. The van der Waals surface area contributed by atoms with Gasteiger partial charge in [-0.1, -0.05) is 12.1 Å². The number of piperidine rings is 1. The Labute approximate surface area is 176 Å². The van der Waals surface area contributed by atoms with Gasteiger partial charge in [0, 0.05) is 31.0 Å². The molecule has 0 aliphatic carbocycles. The van der Waals surface area contributed by atoms with Crippen LogP contribution < -0.4 is 5.32 Å². The van der Waals surface area contributed by atoms with E-state index < -0.39 is 11.7 Å². The van der Waals surface area contributed by atoms with E-state index in [2.05, 4.69) is 25.5 Å². The van der Waals surface area contributed by atoms with Crippen LogP contribution in [0.4, 0.5) is 19.1 Å². The zero-order valence-electron chi connectivity index (χ0n) is 16.6. The molecule has 3 aromatic rings. The van der Waals surface area contributed by atoms with Crippen LogP contribution in [0.1, 0.15) is 35.7 Å². The quantitative estimate of drug-likeness (QED) is 0.683. The van der Waals surface area contributed by atoms with Crippen molar-refractivity contribution < 1.29 is 18.0 Å². The van der Waals surface area contributed by atoms with Crippen LogP contribution in [-0.2, 0) is 6.18 Å². The first-order valence-electron chi connectivity index (χ1n) is 9.77. The molecule has 11 heteroatoms. The Morgan fingerprint density at radius 2 is 1.81 bits per heavy atom. The first-order valence-corrected chi connectivity index (χ1v) is 9.77. The Kier molecular flexibility index (Phi) is 5.57. The zero-order valence-corrected chi connectivity index (χ0v) is 16.6. The second-order valence-corrected chi connectivity index (χ2v) is 7.26. The Morgan fingerprint density at radius 1 is 1.13 bits per heavy atom. The van der Waals surface area contributed by atoms with Crippen LogP contribution in [0.5, 0.6) is 0 Å². The molecule has 0 spiro atoms. The number of nitrogens with zero attached hydrogens (tertiary/aromatic N) is 6. The lowest BCUT2D eigenvalue weighted by atomic mass is 9.96. The first-order chi connectivity index (χ1) is 14.8. The van der Waals surface area contributed by atoms with Crippen molar-refractivity contribution in [3.63, 3.8) is 0 Å². The number of hydrogen-bond acceptors (Lipinski definition) is 6. The third-order valence-corrected chi connectivity index (χ3v) is 5.31. The number of hydrogen-bond donors (Lipinski definition) is 1. The van der Waals surface area contributed by atoms with E-state index in [4.69, 9.17) is 0 Å². The molecule has 2 aromatic heterocycles. The van der Waals surface area contributed by atoms with Crippen molar-refractivity contribution in [2.45, 2.75) is 38.0 Å². The number of rotatable bonds is 4. The molecule has 31 heavy (non-hydrogen) atoms. The van der Waals surface area contributed by atoms with Gasteiger partial charge in [0.25, 0.3) is 5.91 Å². The Balaban J connectivity index is 1.52. The lowest BCUT2D eigenvalue weighted by molar-refractivity contribution is -0.138. The largest absolute Gasteiger partial charge is 0.419 e. The van der Waals surface area contributed by atoms with Gasteiger partial charge in [0.2, 0.25) is 5.95 Å². The molecular weight excluding hydrogens is 411 g/mol. The molecule has 1 aliphatic heterocycles. The van der Waals surface area contributed by atoms with Crippen molar-refractivity contribution in [1.82, 2.24) is 29.9 Å². The van der Waals surface area contributed by atoms with E-state index in [9.17, 15) is 18.0 Å². The maximum atomic E-state index is 13.4. The lowest BCUT2D eigenvalue weighted by Crippen LogP contribution is -2.52. The summed E-state index contributed by atoms with van der Waals surface area (Å²) in [6.45, 7) is 2.46. The highest BCUT2D eigenvalue weighted by atomic mass is 19.4. The third kappa shape index (κ3) is 4.35. The summed E-state index contributed by atoms with van der Waals surface area (Å²) >= 11 is 0. The topological polar surface area (TPSA) is 88.8 Å². The minimum atomic E-state index is -4.49. The summed E-state index contributed by atoms with van der Waals surface area (Å²) in [5.41, 5.74) is 0.137. The fourth-order valence-electron chi connectivity index (χ4n) is 3.66. The van der Waals surface area contributed by atoms with Gasteiger partial charge in [-0.2, -0.15) is 28.2 Å². The number of carbonyl (C=O) groups is 1. The minimum absolute atomic E-state index is 0.0975. The maximum absolute atomic E-state index is 13.4. The van der Waals surface area contributed by atoms with Crippen LogP contribution in [0, 0.1) is 0 Å². The highest BCUT2D eigenvalue weighted by Crippen LogP contribution is 2.29. The molecule has 0 saturated carbocycles. The summed E-state index contributed by atoms with van der Waals surface area (Å²) in [6.07, 6.45) is 1.55. The summed E-state index contributed by atoms with van der Waals surface area (Å²) < 4.78 is 38.2. The van der Waals surface area contributed by atoms with Gasteiger partial charge < -0.3 is 10.2 Å². The summed E-state index contributed by atoms with van der Waals surface area (Å²) in [6, 6.07) is 6.65. The second kappa shape index (κ2) is 8.32. The predicted molar refractivity (Wildman–Crippen MR) is 106 cm³/mol. The molecule has 1 aliphatic rings. The van der Waals surface area contributed by atoms with Crippen molar-refractivity contribution in [1.29, 1.82) is 0 Å². The number of benzene rings is 1. The van der Waals surface area contributed by atoms with Crippen LogP contribution in [0.25, 0.3) is 5.69 Å². The molecule has 0 bridgehead atoms. The number of halogens is 3. The van der Waals surface area contributed by atoms with Crippen LogP contribution >= 0.6 is 0 Å². The number of likely N-dealkylation sites (tertiary alicyclic amines) is 1. The fourth-order valence-corrected chi connectivity index (χ4v) is 3.66. The predicted octanol–water partition coefficient (Wildman–Crippen LogP) is 3.18. The van der Waals surface area contributed by atoms with Gasteiger partial charge in [0.15, 0.2) is 0 Å². The number of nitrogens with one attached hydrogen (secondary N) is 1. The highest BCUT2D eigenvalue weighted by molar-refractivity contribution is 5.98. The molecule has 1 fully saturated rings. The molecule has 8 nitrogen and oxygen atoms in total. The van der Waals surface area contributed by atoms with Gasteiger partial charge in [0.1, 0.15) is 0 Å². The van der Waals surface area contributed by atoms with E-state index in [-0.39, 0.29) is 23.9 Å². The minimum Gasteiger partial charge on any atom is -0.349 e. The standard InChI is InChI=1S/C20H20F3N7O/c1-13-16(28-19-24-11-14(12-25-19)20(21,22)23)6-4-10-29(13)18(31)15-5-2-3-7-17(15)30-26-8-9-27-30/h2-3,5,7-9,11-13,16H,4,6,10H2,1H3,(H,24,25,28)/t13-,16?/m0/s1. The van der Waals surface area contributed by atoms with Crippen molar-refractivity contribution in [2.24, 2.45) is 0 Å². The average molecular weight is 431 g/mol. The normalized spacial score (nSPS) is 19.3. The van der Waals surface area contributed by atoms with Crippen molar-refractivity contribution >= 4 is 11.9 Å². The van der Waals surface area contributed by atoms with Gasteiger partial charge in [-0.05, 0) is 31.9 Å². The van der Waals surface area contributed by atoms with E-state index in [0.29, 0.717) is 17.8 Å². The molecule has 1 N–H and O–H groups in total. The van der Waals surface area contributed by atoms with Gasteiger partial charge in [0.05, 0.1) is 29.2 Å². The average Bonchev–Trinajstić information content (AvgIpc) is 3.29. The van der Waals surface area contributed by atoms with E-state index in [1.54, 1.807) is 29.2 Å². The number of carbonyl (C=O) groups excluding carboxylic acids is 1. The van der Waals surface area contributed by atoms with Gasteiger partial charge in [-0.25, -0.2) is 9.97 Å². The summed E-state index contributed by atoms with van der Waals surface area (Å²) in [4.78, 5) is 24.1. The van der Waals surface area contributed by atoms with Gasteiger partial charge in [-0.15, -0.1) is 0 Å². The number of para-hydroxylation sites is 1. The van der Waals surface area contributed by atoms with Gasteiger partial charge >= 0.3 is 6.18 Å². The molecular formula is C20H20F3N7O. The molecule has 1 unspecified atom stereocenters. The Hall–Kier alpha value is -3.50. The molecule has 1 aromatic carbocycles. The first kappa shape index (κ1) is 20.8. The molecule has 4 rings (SSSR count). The van der Waals surface area contributed by atoms with Gasteiger partial charge in [-0.3, -0.25) is 4.79 Å². The molecule has 2 atom stereocenters. The Bertz CT molecular complexity index is 1040. The van der Waals surface area contributed by atoms with E-state index in [1.165, 1.54) is 17.2 Å². The van der Waals surface area contributed by atoms with Crippen molar-refractivity contribution in [2.75, 3.05) is 11.9 Å². The van der Waals surface area contributed by atoms with E-state index in [0.717, 1.165) is 25.2 Å². The lowest BCUT2D eigenvalue weighted by Gasteiger charge is -2.40. The number of aromatic nitrogens is 5. The highest BCUT2D eigenvalue weighted by Gasteiger charge is 2.34. The maximum Gasteiger partial charge on any atom is 0.419 e. The van der Waals surface area contributed by atoms with Crippen LogP contribution in [-0.4, -0.2) is 54.4 Å². The van der Waals surface area contributed by atoms with E-state index >= 15 is 0 Å². The molecule has 0 radical (unpaired) electrons. The number of amides is 1. The number of alkyl halides is 3. The van der Waals surface area contributed by atoms with Crippen LogP contribution in [0.3, 0.4) is 0 Å². The van der Waals surface area contributed by atoms with Crippen LogP contribution in [0.2, 0.25) is 0 Å². The SMILES string of the molecule is C[C@H]1C(Nc2ncc(C(F)(F)F)cn2)CCCN1C(=O)c1ccccc1-n1nccn1. The fraction of sp³-hybridized carbons (Fsp3) is 0.350. The van der Waals surface area contributed by atoms with E-state index in [1.807, 2.05) is 6.92 Å². The summed E-state index contributed by atoms with van der Waals surface area (Å²) in [5.74, 6) is -0.0690. The van der Waals surface area contributed by atoms with Crippen LogP contribution in [0.15, 0.2) is 49.1 Å². The summed E-state index contributed by atoms with van der Waals surface area (Å²) in [5, 5.41) is 11.3. The monoisotopic (exact) mass is 431 g/mol. The second-order valence-electron chi connectivity index (χ2n) is 7.26. The molecule has 1 amide bonds. The number of anilines is 1. The third-order valence-electron chi connectivity index (χ3n) is 5.31.